The molecule has 6 rings (SSSR count). The number of carbonyl (C=O) groups excluding carboxylic acids is 2. The molecule has 1 aliphatic carbocycles. The number of thiophene rings is 1. The minimum absolute atomic E-state index is 0.0474. The number of fused-ring (bicyclic) bond motifs is 2. The standard InChI is InChI=1S/C27H29N5O3S/c1-16-12-17-13-19(7-8-23(17)32(16)27(34)30-18-5-6-18)29-21-9-10-28-22-14-24(36-25(21)22)26(33)31-11-3-4-20(31)15-35-2/h7-10,12-14,18,20H,3-6,11,15H2,1-2H3,(H,28,29)(H,30,34). The molecule has 8 nitrogen and oxygen atoms in total. The Morgan fingerprint density at radius 3 is 2.83 bits per heavy atom. The van der Waals surface area contributed by atoms with Crippen LogP contribution in [0.1, 0.15) is 41.0 Å². The first-order chi connectivity index (χ1) is 17.5. The third kappa shape index (κ3) is 4.22. The molecule has 2 amide bonds. The lowest BCUT2D eigenvalue weighted by atomic mass is 10.2. The number of ether oxygens (including phenoxy) is 1. The number of nitrogens with zero attached hydrogens (tertiary/aromatic N) is 3. The van der Waals surface area contributed by atoms with E-state index in [1.54, 1.807) is 17.9 Å². The van der Waals surface area contributed by atoms with E-state index in [-0.39, 0.29) is 18.0 Å². The van der Waals surface area contributed by atoms with Gasteiger partial charge >= 0.3 is 6.03 Å². The van der Waals surface area contributed by atoms with Crippen molar-refractivity contribution in [3.8, 4) is 0 Å². The number of aromatic nitrogens is 2. The Kier molecular flexibility index (Phi) is 5.89. The van der Waals surface area contributed by atoms with Gasteiger partial charge in [-0.25, -0.2) is 4.79 Å². The minimum atomic E-state index is -0.0666. The van der Waals surface area contributed by atoms with Gasteiger partial charge in [0.25, 0.3) is 5.91 Å². The number of rotatable bonds is 6. The predicted octanol–water partition coefficient (Wildman–Crippen LogP) is 5.27. The van der Waals surface area contributed by atoms with Gasteiger partial charge in [0.15, 0.2) is 0 Å². The van der Waals surface area contributed by atoms with Crippen LogP contribution >= 0.6 is 11.3 Å². The monoisotopic (exact) mass is 503 g/mol. The van der Waals surface area contributed by atoms with Gasteiger partial charge in [0.2, 0.25) is 0 Å². The van der Waals surface area contributed by atoms with E-state index in [1.807, 2.05) is 42.2 Å². The van der Waals surface area contributed by atoms with Crippen LogP contribution in [0.3, 0.4) is 0 Å². The number of hydrogen-bond acceptors (Lipinski definition) is 6. The van der Waals surface area contributed by atoms with Crippen LogP contribution in [-0.2, 0) is 4.74 Å². The first-order valence-corrected chi connectivity index (χ1v) is 13.2. The van der Waals surface area contributed by atoms with E-state index in [4.69, 9.17) is 4.74 Å². The smallest absolute Gasteiger partial charge is 0.326 e. The third-order valence-corrected chi connectivity index (χ3v) is 8.14. The number of methoxy groups -OCH3 is 1. The fraction of sp³-hybridized carbons (Fsp3) is 0.370. The predicted molar refractivity (Wildman–Crippen MR) is 142 cm³/mol. The summed E-state index contributed by atoms with van der Waals surface area (Å²) in [7, 11) is 1.68. The highest BCUT2D eigenvalue weighted by atomic mass is 32.1. The zero-order valence-electron chi connectivity index (χ0n) is 20.4. The SMILES string of the molecule is COCC1CCCN1C(=O)c1cc2nccc(Nc3ccc4c(c3)cc(C)n4C(=O)NC3CC3)c2s1. The number of benzene rings is 1. The maximum atomic E-state index is 13.3. The molecule has 2 fully saturated rings. The van der Waals surface area contributed by atoms with Crippen molar-refractivity contribution in [1.82, 2.24) is 19.8 Å². The van der Waals surface area contributed by atoms with Gasteiger partial charge < -0.3 is 20.3 Å². The van der Waals surface area contributed by atoms with Crippen molar-refractivity contribution < 1.29 is 14.3 Å². The Bertz CT molecular complexity index is 1470. The lowest BCUT2D eigenvalue weighted by Crippen LogP contribution is -2.37. The molecule has 0 spiro atoms. The van der Waals surface area contributed by atoms with E-state index < -0.39 is 0 Å². The molecule has 186 valence electrons. The molecule has 36 heavy (non-hydrogen) atoms. The number of nitrogens with one attached hydrogen (secondary N) is 2. The van der Waals surface area contributed by atoms with Gasteiger partial charge in [-0.1, -0.05) is 0 Å². The molecule has 1 unspecified atom stereocenters. The molecule has 4 aromatic rings. The molecule has 2 N–H and O–H groups in total. The summed E-state index contributed by atoms with van der Waals surface area (Å²) >= 11 is 1.47. The topological polar surface area (TPSA) is 88.5 Å². The Balaban J connectivity index is 1.27. The number of aryl methyl sites for hydroxylation is 1. The number of hydrogen-bond donors (Lipinski definition) is 2. The Labute approximate surface area is 213 Å². The van der Waals surface area contributed by atoms with Crippen LogP contribution in [0.5, 0.6) is 0 Å². The highest BCUT2D eigenvalue weighted by molar-refractivity contribution is 7.21. The van der Waals surface area contributed by atoms with Gasteiger partial charge in [-0.05, 0) is 69.0 Å². The average Bonchev–Trinajstić information content (AvgIpc) is 3.25. The summed E-state index contributed by atoms with van der Waals surface area (Å²) < 4.78 is 8.01. The van der Waals surface area contributed by atoms with E-state index >= 15 is 0 Å². The molecule has 2 aliphatic rings. The van der Waals surface area contributed by atoms with Gasteiger partial charge in [-0.2, -0.15) is 0 Å². The lowest BCUT2D eigenvalue weighted by molar-refractivity contribution is 0.0635. The Morgan fingerprint density at radius 1 is 1.17 bits per heavy atom. The molecule has 0 bridgehead atoms. The van der Waals surface area contributed by atoms with Crippen LogP contribution in [0, 0.1) is 6.92 Å². The van der Waals surface area contributed by atoms with Crippen LogP contribution < -0.4 is 10.6 Å². The molecular weight excluding hydrogens is 474 g/mol. The summed E-state index contributed by atoms with van der Waals surface area (Å²) in [6.45, 7) is 3.28. The van der Waals surface area contributed by atoms with Crippen molar-refractivity contribution in [2.75, 3.05) is 25.6 Å². The molecule has 1 aliphatic heterocycles. The number of amides is 2. The Hall–Kier alpha value is -3.43. The molecule has 1 saturated heterocycles. The van der Waals surface area contributed by atoms with Crippen LogP contribution in [0.4, 0.5) is 16.2 Å². The van der Waals surface area contributed by atoms with Crippen LogP contribution in [0.25, 0.3) is 21.1 Å². The maximum Gasteiger partial charge on any atom is 0.326 e. The van der Waals surface area contributed by atoms with Crippen LogP contribution in [0.2, 0.25) is 0 Å². The van der Waals surface area contributed by atoms with E-state index in [0.717, 1.165) is 70.4 Å². The van der Waals surface area contributed by atoms with Gasteiger partial charge in [-0.3, -0.25) is 14.3 Å². The van der Waals surface area contributed by atoms with Crippen molar-refractivity contribution in [3.63, 3.8) is 0 Å². The fourth-order valence-electron chi connectivity index (χ4n) is 5.08. The summed E-state index contributed by atoms with van der Waals surface area (Å²) in [4.78, 5) is 33.1. The maximum absolute atomic E-state index is 13.3. The van der Waals surface area contributed by atoms with Gasteiger partial charge in [0.1, 0.15) is 0 Å². The van der Waals surface area contributed by atoms with Gasteiger partial charge in [-0.15, -0.1) is 11.3 Å². The summed E-state index contributed by atoms with van der Waals surface area (Å²) in [5.74, 6) is 0.0474. The van der Waals surface area contributed by atoms with Crippen molar-refractivity contribution in [1.29, 1.82) is 0 Å². The van der Waals surface area contributed by atoms with Crippen molar-refractivity contribution in [2.45, 2.75) is 44.7 Å². The van der Waals surface area contributed by atoms with E-state index in [9.17, 15) is 9.59 Å². The van der Waals surface area contributed by atoms with Crippen molar-refractivity contribution in [2.24, 2.45) is 0 Å². The first kappa shape index (κ1) is 23.0. The minimum Gasteiger partial charge on any atom is -0.383 e. The zero-order valence-corrected chi connectivity index (χ0v) is 21.2. The largest absolute Gasteiger partial charge is 0.383 e. The van der Waals surface area contributed by atoms with Gasteiger partial charge in [0, 0.05) is 42.7 Å². The Morgan fingerprint density at radius 2 is 2.03 bits per heavy atom. The van der Waals surface area contributed by atoms with Crippen molar-refractivity contribution in [3.05, 3.63) is 53.2 Å². The molecule has 1 aromatic carbocycles. The molecular formula is C27H29N5O3S. The number of likely N-dealkylation sites (tertiary alicyclic amines) is 1. The number of carbonyl (C=O) groups is 2. The first-order valence-electron chi connectivity index (χ1n) is 12.4. The summed E-state index contributed by atoms with van der Waals surface area (Å²) in [5.41, 5.74) is 4.41. The van der Waals surface area contributed by atoms with Gasteiger partial charge in [0.05, 0.1) is 38.9 Å². The molecule has 3 aromatic heterocycles. The van der Waals surface area contributed by atoms with Crippen LogP contribution in [0.15, 0.2) is 42.6 Å². The quantitative estimate of drug-likeness (QED) is 0.374. The second kappa shape index (κ2) is 9.22. The van der Waals surface area contributed by atoms with E-state index in [1.165, 1.54) is 11.3 Å². The summed E-state index contributed by atoms with van der Waals surface area (Å²) in [6.07, 6.45) is 5.85. The average molecular weight is 504 g/mol. The fourth-order valence-corrected chi connectivity index (χ4v) is 6.12. The number of anilines is 2. The van der Waals surface area contributed by atoms with Crippen molar-refractivity contribution >= 4 is 55.8 Å². The molecule has 4 heterocycles. The second-order valence-corrected chi connectivity index (χ2v) is 10.7. The molecule has 0 radical (unpaired) electrons. The highest BCUT2D eigenvalue weighted by Crippen LogP contribution is 2.35. The molecule has 1 saturated carbocycles. The summed E-state index contributed by atoms with van der Waals surface area (Å²) in [5, 5.41) is 7.57. The van der Waals surface area contributed by atoms with E-state index in [0.29, 0.717) is 17.5 Å². The summed E-state index contributed by atoms with van der Waals surface area (Å²) in [6, 6.07) is 12.2. The third-order valence-electron chi connectivity index (χ3n) is 6.99. The molecule has 1 atom stereocenters. The lowest BCUT2D eigenvalue weighted by Gasteiger charge is -2.23. The van der Waals surface area contributed by atoms with Crippen LogP contribution in [-0.4, -0.2) is 58.7 Å². The normalized spacial score (nSPS) is 17.7. The van der Waals surface area contributed by atoms with E-state index in [2.05, 4.69) is 21.7 Å². The second-order valence-electron chi connectivity index (χ2n) is 9.68. The molecule has 9 heteroatoms. The number of pyridine rings is 1. The zero-order chi connectivity index (χ0) is 24.8. The highest BCUT2D eigenvalue weighted by Gasteiger charge is 2.30.